The van der Waals surface area contributed by atoms with Crippen LogP contribution in [0.15, 0.2) is 138 Å². The van der Waals surface area contributed by atoms with Crippen LogP contribution in [-0.4, -0.2) is 45.5 Å². The van der Waals surface area contributed by atoms with E-state index in [4.69, 9.17) is 16.3 Å². The maximum Gasteiger partial charge on any atom is 0.326 e. The van der Waals surface area contributed by atoms with Crippen molar-refractivity contribution in [2.75, 3.05) is 23.7 Å². The van der Waals surface area contributed by atoms with Crippen molar-refractivity contribution in [3.05, 3.63) is 150 Å². The lowest BCUT2D eigenvalue weighted by Gasteiger charge is -2.19. The first-order valence-corrected chi connectivity index (χ1v) is 17.8. The summed E-state index contributed by atoms with van der Waals surface area (Å²) in [5.41, 5.74) is 3.04. The van der Waals surface area contributed by atoms with Gasteiger partial charge in [-0.25, -0.2) is 13.2 Å². The van der Waals surface area contributed by atoms with Crippen LogP contribution in [0.4, 0.5) is 11.4 Å². The first-order valence-electron chi connectivity index (χ1n) is 16.0. The molecule has 6 aromatic carbocycles. The molecule has 51 heavy (non-hydrogen) atoms. The Labute approximate surface area is 301 Å². The zero-order chi connectivity index (χ0) is 36.1. The predicted octanol–water partition coefficient (Wildman–Crippen LogP) is 8.25. The Balaban J connectivity index is 1.21. The minimum atomic E-state index is -4.21. The Bertz CT molecular complexity index is 2330. The largest absolute Gasteiger partial charge is 0.480 e. The standard InChI is InChI=1S/C40H34ClN3O6S/c1-44(2)36-15-8-14-32-31(36)13-9-17-38(32)51(48,49)43-34-23-22-28(41)25-33(34)39(45)42-35(40(46)47)24-26-18-20-27(21-19-26)30-12-6-7-16-37(30)50-29-10-4-3-5-11-29/h3-23,25,35,43H,24H2,1-2H3,(H,42,45)(H,46,47). The number of nitrogens with one attached hydrogen (secondary N) is 2. The molecule has 6 rings (SSSR count). The number of sulfonamides is 1. The molecule has 0 aliphatic carbocycles. The van der Waals surface area contributed by atoms with Gasteiger partial charge in [-0.1, -0.05) is 96.5 Å². The lowest BCUT2D eigenvalue weighted by Crippen LogP contribution is -2.42. The molecule has 0 aromatic heterocycles. The van der Waals surface area contributed by atoms with E-state index in [1.54, 1.807) is 30.3 Å². The average Bonchev–Trinajstić information content (AvgIpc) is 3.12. The van der Waals surface area contributed by atoms with Gasteiger partial charge in [0.25, 0.3) is 15.9 Å². The third kappa shape index (κ3) is 7.98. The third-order valence-corrected chi connectivity index (χ3v) is 9.93. The van der Waals surface area contributed by atoms with Crippen LogP contribution < -0.4 is 19.7 Å². The van der Waals surface area contributed by atoms with E-state index in [1.165, 1.54) is 24.3 Å². The number of halogens is 1. The Kier molecular flexibility index (Phi) is 10.3. The van der Waals surface area contributed by atoms with Crippen LogP contribution >= 0.6 is 11.6 Å². The number of carboxylic acids is 1. The van der Waals surface area contributed by atoms with Crippen molar-refractivity contribution in [1.29, 1.82) is 0 Å². The van der Waals surface area contributed by atoms with E-state index in [0.717, 1.165) is 22.2 Å². The lowest BCUT2D eigenvalue weighted by molar-refractivity contribution is -0.139. The molecule has 0 aliphatic heterocycles. The Morgan fingerprint density at radius 1 is 0.804 bits per heavy atom. The van der Waals surface area contributed by atoms with Crippen LogP contribution in [0.25, 0.3) is 21.9 Å². The molecule has 11 heteroatoms. The van der Waals surface area contributed by atoms with Gasteiger partial charge in [-0.2, -0.15) is 0 Å². The first kappa shape index (κ1) is 35.0. The second kappa shape index (κ2) is 15.0. The molecule has 0 aliphatic rings. The predicted molar refractivity (Wildman–Crippen MR) is 202 cm³/mol. The summed E-state index contributed by atoms with van der Waals surface area (Å²) in [6.07, 6.45) is -0.0324. The van der Waals surface area contributed by atoms with Crippen molar-refractivity contribution in [2.45, 2.75) is 17.4 Å². The number of ether oxygens (including phenoxy) is 1. The van der Waals surface area contributed by atoms with Gasteiger partial charge < -0.3 is 20.1 Å². The highest BCUT2D eigenvalue weighted by atomic mass is 35.5. The van der Waals surface area contributed by atoms with Crippen molar-refractivity contribution in [2.24, 2.45) is 0 Å². The highest BCUT2D eigenvalue weighted by molar-refractivity contribution is 7.93. The number of carbonyl (C=O) groups is 2. The van der Waals surface area contributed by atoms with Gasteiger partial charge in [0, 0.05) is 47.6 Å². The quantitative estimate of drug-likeness (QED) is 0.116. The fraction of sp³-hybridized carbons (Fsp3) is 0.100. The summed E-state index contributed by atoms with van der Waals surface area (Å²) in [4.78, 5) is 27.9. The topological polar surface area (TPSA) is 125 Å². The molecule has 1 unspecified atom stereocenters. The lowest BCUT2D eigenvalue weighted by atomic mass is 9.99. The molecule has 9 nitrogen and oxygen atoms in total. The van der Waals surface area contributed by atoms with Crippen molar-refractivity contribution in [3.8, 4) is 22.6 Å². The number of anilines is 2. The fourth-order valence-electron chi connectivity index (χ4n) is 5.78. The van der Waals surface area contributed by atoms with Crippen LogP contribution in [-0.2, 0) is 21.2 Å². The van der Waals surface area contributed by atoms with Crippen LogP contribution in [0.5, 0.6) is 11.5 Å². The van der Waals surface area contributed by atoms with Gasteiger partial charge in [0.05, 0.1) is 16.1 Å². The number of nitrogens with zero attached hydrogens (tertiary/aromatic N) is 1. The molecule has 0 spiro atoms. The van der Waals surface area contributed by atoms with Gasteiger partial charge >= 0.3 is 5.97 Å². The number of carboxylic acid groups (broad SMARTS) is 1. The second-order valence-electron chi connectivity index (χ2n) is 12.0. The molecule has 0 saturated carbocycles. The molecule has 1 atom stereocenters. The van der Waals surface area contributed by atoms with Crippen LogP contribution in [0, 0.1) is 0 Å². The van der Waals surface area contributed by atoms with E-state index < -0.39 is 27.9 Å². The van der Waals surface area contributed by atoms with Gasteiger partial charge in [-0.05, 0) is 59.7 Å². The molecular weight excluding hydrogens is 686 g/mol. The maximum absolute atomic E-state index is 13.8. The number of aliphatic carboxylic acids is 1. The van der Waals surface area contributed by atoms with Gasteiger partial charge in [0.15, 0.2) is 0 Å². The third-order valence-electron chi connectivity index (χ3n) is 8.27. The second-order valence-corrected chi connectivity index (χ2v) is 14.1. The van der Waals surface area contributed by atoms with Gasteiger partial charge in [-0.3, -0.25) is 9.52 Å². The number of amides is 1. The van der Waals surface area contributed by atoms with E-state index in [0.29, 0.717) is 22.4 Å². The highest BCUT2D eigenvalue weighted by Crippen LogP contribution is 2.34. The Hall–Kier alpha value is -5.84. The molecule has 3 N–H and O–H groups in total. The molecule has 258 valence electrons. The Morgan fingerprint density at radius 3 is 2.22 bits per heavy atom. The van der Waals surface area contributed by atoms with Gasteiger partial charge in [-0.15, -0.1) is 0 Å². The van der Waals surface area contributed by atoms with Gasteiger partial charge in [0.1, 0.15) is 17.5 Å². The Morgan fingerprint density at radius 2 is 1.49 bits per heavy atom. The summed E-state index contributed by atoms with van der Waals surface area (Å²) >= 11 is 6.24. The van der Waals surface area contributed by atoms with Crippen molar-refractivity contribution in [3.63, 3.8) is 0 Å². The van der Waals surface area contributed by atoms with Crippen LogP contribution in [0.2, 0.25) is 5.02 Å². The van der Waals surface area contributed by atoms with Crippen molar-refractivity contribution < 1.29 is 27.9 Å². The summed E-state index contributed by atoms with van der Waals surface area (Å²) in [5, 5.41) is 14.0. The smallest absolute Gasteiger partial charge is 0.326 e. The van der Waals surface area contributed by atoms with E-state index in [1.807, 2.05) is 97.9 Å². The minimum Gasteiger partial charge on any atom is -0.480 e. The molecule has 6 aromatic rings. The molecule has 0 heterocycles. The summed E-state index contributed by atoms with van der Waals surface area (Å²) in [6.45, 7) is 0. The van der Waals surface area contributed by atoms with E-state index in [9.17, 15) is 23.1 Å². The number of carbonyl (C=O) groups excluding carboxylic acids is 1. The van der Waals surface area contributed by atoms with E-state index >= 15 is 0 Å². The fourth-order valence-corrected chi connectivity index (χ4v) is 7.26. The highest BCUT2D eigenvalue weighted by Gasteiger charge is 2.26. The zero-order valence-corrected chi connectivity index (χ0v) is 29.3. The average molecular weight is 720 g/mol. The zero-order valence-electron chi connectivity index (χ0n) is 27.7. The number of benzene rings is 6. The van der Waals surface area contributed by atoms with E-state index in [-0.39, 0.29) is 27.6 Å². The number of hydrogen-bond donors (Lipinski definition) is 3. The first-order chi connectivity index (χ1) is 24.5. The van der Waals surface area contributed by atoms with Crippen LogP contribution in [0.1, 0.15) is 15.9 Å². The van der Waals surface area contributed by atoms with Crippen molar-refractivity contribution >= 4 is 55.6 Å². The van der Waals surface area contributed by atoms with Crippen molar-refractivity contribution in [1.82, 2.24) is 5.32 Å². The van der Waals surface area contributed by atoms with Gasteiger partial charge in [0.2, 0.25) is 0 Å². The molecule has 1 amide bonds. The molecule has 0 saturated heterocycles. The summed E-state index contributed by atoms with van der Waals surface area (Å²) < 4.78 is 36.2. The maximum atomic E-state index is 13.8. The normalized spacial score (nSPS) is 11.8. The number of hydrogen-bond acceptors (Lipinski definition) is 6. The summed E-state index contributed by atoms with van der Waals surface area (Å²) in [7, 11) is -0.469. The molecule has 0 bridgehead atoms. The molecule has 0 radical (unpaired) electrons. The van der Waals surface area contributed by atoms with E-state index in [2.05, 4.69) is 10.0 Å². The van der Waals surface area contributed by atoms with Crippen LogP contribution in [0.3, 0.4) is 0 Å². The summed E-state index contributed by atoms with van der Waals surface area (Å²) in [6, 6.07) is 37.5. The SMILES string of the molecule is CN(C)c1cccc2c(S(=O)(=O)Nc3ccc(Cl)cc3C(=O)NC(Cc3ccc(-c4ccccc4Oc4ccccc4)cc3)C(=O)O)cccc12. The summed E-state index contributed by atoms with van der Waals surface area (Å²) in [5.74, 6) is -0.701. The number of fused-ring (bicyclic) bond motifs is 1. The molecule has 0 fully saturated rings. The number of para-hydroxylation sites is 2. The number of rotatable bonds is 12. The monoisotopic (exact) mass is 719 g/mol. The molecular formula is C40H34ClN3O6S. The minimum absolute atomic E-state index is 0.0196.